The predicted octanol–water partition coefficient (Wildman–Crippen LogP) is 2.84. The second-order valence-corrected chi connectivity index (χ2v) is 9.50. The van der Waals surface area contributed by atoms with E-state index in [0.29, 0.717) is 24.2 Å². The van der Waals surface area contributed by atoms with Crippen molar-refractivity contribution in [2.75, 3.05) is 25.4 Å². The van der Waals surface area contributed by atoms with Gasteiger partial charge in [-0.25, -0.2) is 21.8 Å². The van der Waals surface area contributed by atoms with Crippen LogP contribution in [0.1, 0.15) is 12.0 Å². The quantitative estimate of drug-likeness (QED) is 0.557. The summed E-state index contributed by atoms with van der Waals surface area (Å²) in [5.41, 5.74) is 2.88. The van der Waals surface area contributed by atoms with Gasteiger partial charge in [0.15, 0.2) is 0 Å². The lowest BCUT2D eigenvalue weighted by Gasteiger charge is -2.13. The zero-order valence-corrected chi connectivity index (χ0v) is 18.1. The van der Waals surface area contributed by atoms with Crippen LogP contribution in [-0.4, -0.2) is 53.8 Å². The van der Waals surface area contributed by atoms with Crippen molar-refractivity contribution in [3.63, 3.8) is 0 Å². The van der Waals surface area contributed by atoms with Gasteiger partial charge in [-0.3, -0.25) is 4.79 Å². The Labute approximate surface area is 186 Å². The Bertz CT molecular complexity index is 1220. The van der Waals surface area contributed by atoms with Crippen LogP contribution in [-0.2, 0) is 14.8 Å². The standard InChI is InChI=1S/C23H23FN4O3S/c24-20-10-7-18(8-11-20)23-19(17-28(26-23)21-5-2-1-3-6-21)9-12-22(29)25-13-15-27-14-4-16-32(27,30)31/h1-3,5-12,17H,4,13-16H2,(H,25,29). The van der Waals surface area contributed by atoms with Crippen LogP contribution in [0.15, 0.2) is 66.9 Å². The minimum atomic E-state index is -3.18. The monoisotopic (exact) mass is 454 g/mol. The average molecular weight is 455 g/mol. The molecule has 1 fully saturated rings. The molecule has 2 heterocycles. The molecule has 7 nitrogen and oxygen atoms in total. The van der Waals surface area contributed by atoms with Gasteiger partial charge in [0.1, 0.15) is 5.82 Å². The maximum atomic E-state index is 13.4. The summed E-state index contributed by atoms with van der Waals surface area (Å²) in [7, 11) is -3.18. The number of benzene rings is 2. The van der Waals surface area contributed by atoms with Crippen molar-refractivity contribution in [2.45, 2.75) is 6.42 Å². The number of aromatic nitrogens is 2. The molecular formula is C23H23FN4O3S. The second-order valence-electron chi connectivity index (χ2n) is 7.41. The Hall–Kier alpha value is -3.30. The van der Waals surface area contributed by atoms with Crippen molar-refractivity contribution < 1.29 is 17.6 Å². The maximum absolute atomic E-state index is 13.4. The van der Waals surface area contributed by atoms with Crippen molar-refractivity contribution in [1.29, 1.82) is 0 Å². The van der Waals surface area contributed by atoms with Crippen molar-refractivity contribution in [2.24, 2.45) is 0 Å². The summed E-state index contributed by atoms with van der Waals surface area (Å²) < 4.78 is 40.1. The number of para-hydroxylation sites is 1. The minimum Gasteiger partial charge on any atom is -0.351 e. The van der Waals surface area contributed by atoms with Crippen molar-refractivity contribution in [3.05, 3.63) is 78.3 Å². The van der Waals surface area contributed by atoms with E-state index in [-0.39, 0.29) is 30.6 Å². The molecular weight excluding hydrogens is 431 g/mol. The van der Waals surface area contributed by atoms with Gasteiger partial charge in [-0.2, -0.15) is 5.10 Å². The number of nitrogens with zero attached hydrogens (tertiary/aromatic N) is 3. The smallest absolute Gasteiger partial charge is 0.244 e. The molecule has 0 atom stereocenters. The number of hydrogen-bond donors (Lipinski definition) is 1. The number of nitrogens with one attached hydrogen (secondary N) is 1. The lowest BCUT2D eigenvalue weighted by molar-refractivity contribution is -0.116. The molecule has 32 heavy (non-hydrogen) atoms. The zero-order chi connectivity index (χ0) is 22.6. The van der Waals surface area contributed by atoms with E-state index in [9.17, 15) is 17.6 Å². The number of sulfonamides is 1. The van der Waals surface area contributed by atoms with Gasteiger partial charge in [-0.05, 0) is 48.9 Å². The molecule has 0 aliphatic carbocycles. The summed E-state index contributed by atoms with van der Waals surface area (Å²) >= 11 is 0. The van der Waals surface area contributed by atoms with E-state index in [1.165, 1.54) is 22.5 Å². The van der Waals surface area contributed by atoms with Crippen molar-refractivity contribution >= 4 is 22.0 Å². The first-order valence-electron chi connectivity index (χ1n) is 10.3. The van der Waals surface area contributed by atoms with E-state index in [1.807, 2.05) is 30.3 Å². The number of halogens is 1. The molecule has 0 saturated carbocycles. The highest BCUT2D eigenvalue weighted by Gasteiger charge is 2.27. The highest BCUT2D eigenvalue weighted by Crippen LogP contribution is 2.25. The SMILES string of the molecule is O=C(C=Cc1cn(-c2ccccc2)nc1-c1ccc(F)cc1)NCCN1CCCS1(=O)=O. The third-order valence-electron chi connectivity index (χ3n) is 5.16. The minimum absolute atomic E-state index is 0.165. The second kappa shape index (κ2) is 9.46. The normalized spacial score (nSPS) is 15.9. The molecule has 4 rings (SSSR count). The third-order valence-corrected chi connectivity index (χ3v) is 7.12. The number of rotatable bonds is 7. The topological polar surface area (TPSA) is 84.3 Å². The highest BCUT2D eigenvalue weighted by molar-refractivity contribution is 7.89. The van der Waals surface area contributed by atoms with E-state index in [1.54, 1.807) is 29.1 Å². The molecule has 3 aromatic rings. The molecule has 1 amide bonds. The molecule has 1 aliphatic rings. The molecule has 1 saturated heterocycles. The van der Waals surface area contributed by atoms with E-state index in [4.69, 9.17) is 0 Å². The Kier molecular flexibility index (Phi) is 6.48. The molecule has 0 spiro atoms. The van der Waals surface area contributed by atoms with Gasteiger partial charge in [0.25, 0.3) is 0 Å². The molecule has 0 radical (unpaired) electrons. The van der Waals surface area contributed by atoms with Gasteiger partial charge in [0.2, 0.25) is 15.9 Å². The Morgan fingerprint density at radius 2 is 1.88 bits per heavy atom. The Morgan fingerprint density at radius 1 is 1.12 bits per heavy atom. The predicted molar refractivity (Wildman–Crippen MR) is 121 cm³/mol. The van der Waals surface area contributed by atoms with Crippen LogP contribution in [0.2, 0.25) is 0 Å². The van der Waals surface area contributed by atoms with Gasteiger partial charge >= 0.3 is 0 Å². The number of amides is 1. The number of hydrogen-bond acceptors (Lipinski definition) is 4. The molecule has 0 bridgehead atoms. The molecule has 9 heteroatoms. The first-order valence-corrected chi connectivity index (χ1v) is 11.9. The Balaban J connectivity index is 1.50. The fourth-order valence-corrected chi connectivity index (χ4v) is 5.05. The van der Waals surface area contributed by atoms with Gasteiger partial charge < -0.3 is 5.32 Å². The van der Waals surface area contributed by atoms with Crippen LogP contribution in [0, 0.1) is 5.82 Å². The van der Waals surface area contributed by atoms with Crippen LogP contribution in [0.5, 0.6) is 0 Å². The molecule has 2 aromatic carbocycles. The first-order chi connectivity index (χ1) is 15.4. The summed E-state index contributed by atoms with van der Waals surface area (Å²) in [5, 5.41) is 7.34. The van der Waals surface area contributed by atoms with Crippen LogP contribution in [0.3, 0.4) is 0 Å². The molecule has 1 aromatic heterocycles. The third kappa shape index (κ3) is 5.12. The molecule has 1 N–H and O–H groups in total. The van der Waals surface area contributed by atoms with Gasteiger partial charge in [0, 0.05) is 43.0 Å². The highest BCUT2D eigenvalue weighted by atomic mass is 32.2. The van der Waals surface area contributed by atoms with Gasteiger partial charge in [0.05, 0.1) is 17.1 Å². The van der Waals surface area contributed by atoms with Crippen LogP contribution in [0.25, 0.3) is 23.0 Å². The van der Waals surface area contributed by atoms with E-state index in [0.717, 1.165) is 11.3 Å². The summed E-state index contributed by atoms with van der Waals surface area (Å²) in [6.07, 6.45) is 5.45. The first kappa shape index (κ1) is 21.9. The summed E-state index contributed by atoms with van der Waals surface area (Å²) in [4.78, 5) is 12.3. The largest absolute Gasteiger partial charge is 0.351 e. The number of carbonyl (C=O) groups excluding carboxylic acids is 1. The molecule has 0 unspecified atom stereocenters. The van der Waals surface area contributed by atoms with Crippen molar-refractivity contribution in [3.8, 4) is 16.9 Å². The molecule has 166 valence electrons. The maximum Gasteiger partial charge on any atom is 0.244 e. The van der Waals surface area contributed by atoms with Crippen LogP contribution < -0.4 is 5.32 Å². The van der Waals surface area contributed by atoms with Crippen LogP contribution >= 0.6 is 0 Å². The summed E-state index contributed by atoms with van der Waals surface area (Å²) in [6.45, 7) is 0.985. The number of carbonyl (C=O) groups is 1. The zero-order valence-electron chi connectivity index (χ0n) is 17.3. The average Bonchev–Trinajstić information content (AvgIpc) is 3.36. The fourth-order valence-electron chi connectivity index (χ4n) is 3.52. The van der Waals surface area contributed by atoms with Crippen molar-refractivity contribution in [1.82, 2.24) is 19.4 Å². The van der Waals surface area contributed by atoms with E-state index in [2.05, 4.69) is 10.4 Å². The lowest BCUT2D eigenvalue weighted by atomic mass is 10.1. The van der Waals surface area contributed by atoms with Gasteiger partial charge in [-0.1, -0.05) is 18.2 Å². The van der Waals surface area contributed by atoms with E-state index < -0.39 is 10.0 Å². The lowest BCUT2D eigenvalue weighted by Crippen LogP contribution is -2.35. The summed E-state index contributed by atoms with van der Waals surface area (Å²) in [6, 6.07) is 15.5. The summed E-state index contributed by atoms with van der Waals surface area (Å²) in [5.74, 6) is -0.509. The Morgan fingerprint density at radius 3 is 2.56 bits per heavy atom. The van der Waals surface area contributed by atoms with E-state index >= 15 is 0 Å². The fraction of sp³-hybridized carbons (Fsp3) is 0.217. The molecule has 1 aliphatic heterocycles. The van der Waals surface area contributed by atoms with Crippen LogP contribution in [0.4, 0.5) is 4.39 Å². The van der Waals surface area contributed by atoms with Gasteiger partial charge in [-0.15, -0.1) is 0 Å².